The lowest BCUT2D eigenvalue weighted by atomic mass is 10.1. The minimum Gasteiger partial charge on any atom is -0.369 e. The largest absolute Gasteiger partial charge is 0.369 e. The first-order valence-corrected chi connectivity index (χ1v) is 6.14. The van der Waals surface area contributed by atoms with E-state index in [1.807, 2.05) is 13.8 Å². The van der Waals surface area contributed by atoms with Crippen LogP contribution in [-0.4, -0.2) is 21.5 Å². The standard InChI is InChI=1S/C13H20N4/c1-8(2)5-6-14-12-11-7-9(3)15-13(11)17-10(4)16-12/h7-8H,5-6H2,1-4H3,(H2,14,15,16,17). The number of aromatic amines is 1. The van der Waals surface area contributed by atoms with E-state index in [4.69, 9.17) is 0 Å². The van der Waals surface area contributed by atoms with Gasteiger partial charge in [0.15, 0.2) is 0 Å². The van der Waals surface area contributed by atoms with Crippen LogP contribution >= 0.6 is 0 Å². The van der Waals surface area contributed by atoms with Gasteiger partial charge in [0.25, 0.3) is 0 Å². The Balaban J connectivity index is 2.25. The fourth-order valence-electron chi connectivity index (χ4n) is 1.87. The summed E-state index contributed by atoms with van der Waals surface area (Å²) in [7, 11) is 0. The van der Waals surface area contributed by atoms with E-state index >= 15 is 0 Å². The highest BCUT2D eigenvalue weighted by atomic mass is 15.0. The van der Waals surface area contributed by atoms with E-state index in [0.29, 0.717) is 5.92 Å². The molecule has 2 aromatic rings. The molecule has 0 aliphatic carbocycles. The molecule has 0 saturated carbocycles. The molecule has 0 spiro atoms. The van der Waals surface area contributed by atoms with E-state index in [-0.39, 0.29) is 0 Å². The number of rotatable bonds is 4. The molecule has 0 bridgehead atoms. The van der Waals surface area contributed by atoms with Crippen molar-refractivity contribution >= 4 is 16.9 Å². The Kier molecular flexibility index (Phi) is 3.31. The van der Waals surface area contributed by atoms with Gasteiger partial charge in [0.05, 0.1) is 5.39 Å². The summed E-state index contributed by atoms with van der Waals surface area (Å²) in [5.41, 5.74) is 2.04. The van der Waals surface area contributed by atoms with Crippen molar-refractivity contribution in [3.8, 4) is 0 Å². The van der Waals surface area contributed by atoms with Crippen LogP contribution in [0.5, 0.6) is 0 Å². The molecular weight excluding hydrogens is 212 g/mol. The molecule has 92 valence electrons. The molecule has 0 radical (unpaired) electrons. The topological polar surface area (TPSA) is 53.6 Å². The third-order valence-corrected chi connectivity index (χ3v) is 2.75. The van der Waals surface area contributed by atoms with Gasteiger partial charge >= 0.3 is 0 Å². The van der Waals surface area contributed by atoms with E-state index in [0.717, 1.165) is 41.3 Å². The first-order valence-electron chi connectivity index (χ1n) is 6.14. The summed E-state index contributed by atoms with van der Waals surface area (Å²) in [4.78, 5) is 12.1. The van der Waals surface area contributed by atoms with Crippen molar-refractivity contribution in [3.63, 3.8) is 0 Å². The monoisotopic (exact) mass is 232 g/mol. The number of H-pyrrole nitrogens is 1. The Morgan fingerprint density at radius 1 is 1.29 bits per heavy atom. The second-order valence-electron chi connectivity index (χ2n) is 4.94. The number of aromatic nitrogens is 3. The van der Waals surface area contributed by atoms with Crippen LogP contribution in [0.2, 0.25) is 0 Å². The molecule has 0 aromatic carbocycles. The van der Waals surface area contributed by atoms with Crippen molar-refractivity contribution in [1.29, 1.82) is 0 Å². The number of aryl methyl sites for hydroxylation is 2. The predicted molar refractivity (Wildman–Crippen MR) is 71.3 cm³/mol. The minimum absolute atomic E-state index is 0.703. The van der Waals surface area contributed by atoms with Crippen LogP contribution in [0.15, 0.2) is 6.07 Å². The van der Waals surface area contributed by atoms with Gasteiger partial charge in [0, 0.05) is 12.2 Å². The Labute approximate surface area is 102 Å². The van der Waals surface area contributed by atoms with Gasteiger partial charge in [0.2, 0.25) is 0 Å². The number of anilines is 1. The van der Waals surface area contributed by atoms with Crippen LogP contribution in [0.1, 0.15) is 31.8 Å². The summed E-state index contributed by atoms with van der Waals surface area (Å²) in [6.45, 7) is 9.36. The fourth-order valence-corrected chi connectivity index (χ4v) is 1.87. The molecule has 2 aromatic heterocycles. The molecule has 0 unspecified atom stereocenters. The minimum atomic E-state index is 0.703. The smallest absolute Gasteiger partial charge is 0.143 e. The van der Waals surface area contributed by atoms with Crippen LogP contribution in [-0.2, 0) is 0 Å². The molecule has 4 heteroatoms. The molecular formula is C13H20N4. The summed E-state index contributed by atoms with van der Waals surface area (Å²) >= 11 is 0. The molecule has 0 amide bonds. The van der Waals surface area contributed by atoms with Crippen LogP contribution < -0.4 is 5.32 Å². The second kappa shape index (κ2) is 4.73. The molecule has 0 aliphatic heterocycles. The van der Waals surface area contributed by atoms with Crippen molar-refractivity contribution in [2.24, 2.45) is 5.92 Å². The normalized spacial score (nSPS) is 11.4. The Morgan fingerprint density at radius 2 is 2.06 bits per heavy atom. The highest BCUT2D eigenvalue weighted by Crippen LogP contribution is 2.21. The number of fused-ring (bicyclic) bond motifs is 1. The molecule has 17 heavy (non-hydrogen) atoms. The van der Waals surface area contributed by atoms with Gasteiger partial charge in [0.1, 0.15) is 17.3 Å². The maximum absolute atomic E-state index is 4.47. The number of hydrogen-bond donors (Lipinski definition) is 2. The van der Waals surface area contributed by atoms with Gasteiger partial charge in [-0.15, -0.1) is 0 Å². The van der Waals surface area contributed by atoms with Gasteiger partial charge in [-0.3, -0.25) is 0 Å². The molecule has 4 nitrogen and oxygen atoms in total. The van der Waals surface area contributed by atoms with Gasteiger partial charge < -0.3 is 10.3 Å². The number of hydrogen-bond acceptors (Lipinski definition) is 3. The molecule has 0 aliphatic rings. The van der Waals surface area contributed by atoms with Gasteiger partial charge in [-0.25, -0.2) is 9.97 Å². The third-order valence-electron chi connectivity index (χ3n) is 2.75. The number of nitrogens with zero attached hydrogens (tertiary/aromatic N) is 2. The summed E-state index contributed by atoms with van der Waals surface area (Å²) in [5, 5.41) is 4.48. The maximum Gasteiger partial charge on any atom is 0.143 e. The quantitative estimate of drug-likeness (QED) is 0.852. The molecule has 2 heterocycles. The average molecular weight is 232 g/mol. The highest BCUT2D eigenvalue weighted by Gasteiger charge is 2.07. The lowest BCUT2D eigenvalue weighted by Crippen LogP contribution is -2.07. The lowest BCUT2D eigenvalue weighted by Gasteiger charge is -2.08. The predicted octanol–water partition coefficient (Wildman–Crippen LogP) is 3.03. The fraction of sp³-hybridized carbons (Fsp3) is 0.538. The van der Waals surface area contributed by atoms with Crippen molar-refractivity contribution in [2.45, 2.75) is 34.1 Å². The summed E-state index contributed by atoms with van der Waals surface area (Å²) < 4.78 is 0. The van der Waals surface area contributed by atoms with Crippen molar-refractivity contribution < 1.29 is 0 Å². The van der Waals surface area contributed by atoms with Gasteiger partial charge in [-0.1, -0.05) is 13.8 Å². The van der Waals surface area contributed by atoms with Gasteiger partial charge in [-0.2, -0.15) is 0 Å². The first kappa shape index (κ1) is 11.9. The molecule has 0 fully saturated rings. The lowest BCUT2D eigenvalue weighted by molar-refractivity contribution is 0.607. The summed E-state index contributed by atoms with van der Waals surface area (Å²) in [6, 6.07) is 2.09. The van der Waals surface area contributed by atoms with E-state index in [1.165, 1.54) is 0 Å². The molecule has 0 saturated heterocycles. The summed E-state index contributed by atoms with van der Waals surface area (Å²) in [6.07, 6.45) is 1.15. The summed E-state index contributed by atoms with van der Waals surface area (Å²) in [5.74, 6) is 2.44. The SMILES string of the molecule is Cc1nc(NCCC(C)C)c2cc(C)[nH]c2n1. The molecule has 2 rings (SSSR count). The average Bonchev–Trinajstić information content (AvgIpc) is 2.57. The van der Waals surface area contributed by atoms with Crippen LogP contribution in [0.3, 0.4) is 0 Å². The number of nitrogens with one attached hydrogen (secondary N) is 2. The van der Waals surface area contributed by atoms with E-state index in [9.17, 15) is 0 Å². The first-order chi connectivity index (χ1) is 8.06. The van der Waals surface area contributed by atoms with E-state index in [2.05, 4.69) is 40.2 Å². The maximum atomic E-state index is 4.47. The van der Waals surface area contributed by atoms with Crippen LogP contribution in [0.25, 0.3) is 11.0 Å². The Bertz CT molecular complexity index is 513. The molecule has 2 N–H and O–H groups in total. The van der Waals surface area contributed by atoms with E-state index in [1.54, 1.807) is 0 Å². The Hall–Kier alpha value is -1.58. The van der Waals surface area contributed by atoms with Crippen molar-refractivity contribution in [2.75, 3.05) is 11.9 Å². The van der Waals surface area contributed by atoms with Crippen LogP contribution in [0.4, 0.5) is 5.82 Å². The molecule has 0 atom stereocenters. The van der Waals surface area contributed by atoms with Gasteiger partial charge in [-0.05, 0) is 32.3 Å². The van der Waals surface area contributed by atoms with Crippen molar-refractivity contribution in [3.05, 3.63) is 17.6 Å². The Morgan fingerprint density at radius 3 is 2.76 bits per heavy atom. The zero-order valence-corrected chi connectivity index (χ0v) is 11.0. The zero-order valence-electron chi connectivity index (χ0n) is 11.0. The zero-order chi connectivity index (χ0) is 12.4. The second-order valence-corrected chi connectivity index (χ2v) is 4.94. The van der Waals surface area contributed by atoms with Crippen LogP contribution in [0, 0.1) is 19.8 Å². The highest BCUT2D eigenvalue weighted by molar-refractivity contribution is 5.87. The third kappa shape index (κ3) is 2.75. The van der Waals surface area contributed by atoms with E-state index < -0.39 is 0 Å². The van der Waals surface area contributed by atoms with Crippen molar-refractivity contribution in [1.82, 2.24) is 15.0 Å².